The number of rotatable bonds is 5. The highest BCUT2D eigenvalue weighted by molar-refractivity contribution is 7.89. The van der Waals surface area contributed by atoms with E-state index in [1.807, 2.05) is 45.9 Å². The van der Waals surface area contributed by atoms with Crippen LogP contribution in [0.3, 0.4) is 0 Å². The lowest BCUT2D eigenvalue weighted by molar-refractivity contribution is 0.0901. The van der Waals surface area contributed by atoms with Gasteiger partial charge in [0.2, 0.25) is 10.0 Å². The number of nitrogens with zero attached hydrogens (tertiary/aromatic N) is 3. The molecule has 0 N–H and O–H groups in total. The summed E-state index contributed by atoms with van der Waals surface area (Å²) >= 11 is 0. The molecule has 0 atom stereocenters. The minimum Gasteiger partial charge on any atom is -0.343 e. The summed E-state index contributed by atoms with van der Waals surface area (Å²) < 4.78 is 30.0. The van der Waals surface area contributed by atoms with Gasteiger partial charge in [-0.05, 0) is 71.7 Å². The topological polar surface area (TPSA) is 62.6 Å². The highest BCUT2D eigenvalue weighted by Crippen LogP contribution is 2.26. The molecule has 1 fully saturated rings. The maximum Gasteiger partial charge on any atom is 0.243 e. The van der Waals surface area contributed by atoms with Crippen molar-refractivity contribution in [1.82, 2.24) is 13.8 Å². The third-order valence-corrected chi connectivity index (χ3v) is 8.10. The van der Waals surface area contributed by atoms with Crippen LogP contribution < -0.4 is 0 Å². The minimum atomic E-state index is -3.53. The van der Waals surface area contributed by atoms with Gasteiger partial charge in [-0.1, -0.05) is 12.1 Å². The van der Waals surface area contributed by atoms with E-state index >= 15 is 0 Å². The molecule has 1 aromatic heterocycles. The Hall–Kier alpha value is -1.96. The quantitative estimate of drug-likeness (QED) is 0.659. The molecule has 1 aliphatic heterocycles. The first kappa shape index (κ1) is 23.7. The predicted octanol–water partition coefficient (Wildman–Crippen LogP) is 3.67. The van der Waals surface area contributed by atoms with Crippen molar-refractivity contribution in [1.29, 1.82) is 0 Å². The van der Waals surface area contributed by atoms with Crippen LogP contribution in [0.15, 0.2) is 29.2 Å². The Balaban J connectivity index is 1.68. The van der Waals surface area contributed by atoms with Crippen LogP contribution in [0.4, 0.5) is 0 Å². The third kappa shape index (κ3) is 4.78. The molecule has 7 heteroatoms. The number of hydrogen-bond acceptors (Lipinski definition) is 4. The Morgan fingerprint density at radius 1 is 0.968 bits per heavy atom. The zero-order chi connectivity index (χ0) is 23.1. The second kappa shape index (κ2) is 8.52. The van der Waals surface area contributed by atoms with E-state index in [2.05, 4.69) is 30.2 Å². The van der Waals surface area contributed by atoms with Gasteiger partial charge >= 0.3 is 0 Å². The van der Waals surface area contributed by atoms with Crippen molar-refractivity contribution >= 4 is 15.8 Å². The Bertz CT molecular complexity index is 1090. The first-order valence-corrected chi connectivity index (χ1v) is 12.3. The van der Waals surface area contributed by atoms with Gasteiger partial charge in [0.25, 0.3) is 0 Å². The summed E-state index contributed by atoms with van der Waals surface area (Å²) in [4.78, 5) is 15.5. The van der Waals surface area contributed by atoms with Crippen molar-refractivity contribution < 1.29 is 13.2 Å². The standard InChI is InChI=1S/C24H35N3O3S/c1-17-8-9-18(2)23(14-17)31(29,30)26-12-10-25(11-13-26)16-22(28)21-15-19(3)27(20(21)4)24(5,6)7/h8-9,14-15H,10-13,16H2,1-7H3. The van der Waals surface area contributed by atoms with Gasteiger partial charge in [0.05, 0.1) is 11.4 Å². The molecule has 0 aliphatic carbocycles. The molecule has 0 saturated carbocycles. The number of benzene rings is 1. The summed E-state index contributed by atoms with van der Waals surface area (Å²) in [7, 11) is -3.53. The molecule has 1 aromatic carbocycles. The fourth-order valence-electron chi connectivity index (χ4n) is 4.62. The van der Waals surface area contributed by atoms with Crippen molar-refractivity contribution in [3.8, 4) is 0 Å². The maximum absolute atomic E-state index is 13.1. The number of ketones is 1. The minimum absolute atomic E-state index is 0.0827. The zero-order valence-corrected chi connectivity index (χ0v) is 20.6. The van der Waals surface area contributed by atoms with Gasteiger partial charge in [0.1, 0.15) is 0 Å². The first-order valence-electron chi connectivity index (χ1n) is 10.8. The van der Waals surface area contributed by atoms with Gasteiger partial charge in [0, 0.05) is 48.7 Å². The zero-order valence-electron chi connectivity index (χ0n) is 19.8. The van der Waals surface area contributed by atoms with Gasteiger partial charge < -0.3 is 4.57 Å². The van der Waals surface area contributed by atoms with E-state index in [0.717, 1.165) is 28.1 Å². The van der Waals surface area contributed by atoms with Gasteiger partial charge in [-0.2, -0.15) is 4.31 Å². The Morgan fingerprint density at radius 3 is 2.13 bits per heavy atom. The smallest absolute Gasteiger partial charge is 0.243 e. The number of aromatic nitrogens is 1. The van der Waals surface area contributed by atoms with Gasteiger partial charge in [-0.3, -0.25) is 9.69 Å². The monoisotopic (exact) mass is 445 g/mol. The number of hydrogen-bond donors (Lipinski definition) is 0. The molecule has 0 spiro atoms. The molecular weight excluding hydrogens is 410 g/mol. The van der Waals surface area contributed by atoms with Crippen molar-refractivity contribution in [2.24, 2.45) is 0 Å². The summed E-state index contributed by atoms with van der Waals surface area (Å²) in [5.74, 6) is 0.0921. The van der Waals surface area contributed by atoms with Crippen LogP contribution >= 0.6 is 0 Å². The summed E-state index contributed by atoms with van der Waals surface area (Å²) in [6.45, 7) is 16.4. The Morgan fingerprint density at radius 2 is 1.58 bits per heavy atom. The molecule has 2 aromatic rings. The molecule has 0 unspecified atom stereocenters. The van der Waals surface area contributed by atoms with Crippen LogP contribution in [-0.4, -0.2) is 60.7 Å². The number of Topliss-reactive ketones (excluding diaryl/α,β-unsaturated/α-hetero) is 1. The molecule has 170 valence electrons. The number of carbonyl (C=O) groups excluding carboxylic acids is 1. The average molecular weight is 446 g/mol. The van der Waals surface area contributed by atoms with Gasteiger partial charge in [0.15, 0.2) is 5.78 Å². The van der Waals surface area contributed by atoms with E-state index in [1.165, 1.54) is 0 Å². The van der Waals surface area contributed by atoms with Gasteiger partial charge in [-0.15, -0.1) is 0 Å². The molecular formula is C24H35N3O3S. The van der Waals surface area contributed by atoms with Crippen LogP contribution in [0.25, 0.3) is 0 Å². The first-order chi connectivity index (χ1) is 14.3. The van der Waals surface area contributed by atoms with Crippen molar-refractivity contribution in [2.75, 3.05) is 32.7 Å². The molecule has 6 nitrogen and oxygen atoms in total. The van der Waals surface area contributed by atoms with Gasteiger partial charge in [-0.25, -0.2) is 8.42 Å². The van der Waals surface area contributed by atoms with E-state index in [4.69, 9.17) is 0 Å². The Labute approximate surface area is 186 Å². The van der Waals surface area contributed by atoms with Crippen LogP contribution in [0.2, 0.25) is 0 Å². The molecule has 2 heterocycles. The number of piperazine rings is 1. The van der Waals surface area contributed by atoms with Crippen molar-refractivity contribution in [3.63, 3.8) is 0 Å². The summed E-state index contributed by atoms with van der Waals surface area (Å²) in [6, 6.07) is 7.50. The van der Waals surface area contributed by atoms with E-state index in [-0.39, 0.29) is 11.3 Å². The lowest BCUT2D eigenvalue weighted by atomic mass is 10.1. The SMILES string of the molecule is Cc1ccc(C)c(S(=O)(=O)N2CCN(CC(=O)c3cc(C)n(C(C)(C)C)c3C)CC2)c1. The number of carbonyl (C=O) groups is 1. The third-order valence-electron chi connectivity index (χ3n) is 6.06. The summed E-state index contributed by atoms with van der Waals surface area (Å²) in [6.07, 6.45) is 0. The van der Waals surface area contributed by atoms with E-state index < -0.39 is 10.0 Å². The fourth-order valence-corrected chi connectivity index (χ4v) is 6.35. The van der Waals surface area contributed by atoms with Crippen molar-refractivity contribution in [2.45, 2.75) is 58.9 Å². The van der Waals surface area contributed by atoms with Crippen LogP contribution in [-0.2, 0) is 15.6 Å². The fraction of sp³-hybridized carbons (Fsp3) is 0.542. The van der Waals surface area contributed by atoms with E-state index in [0.29, 0.717) is 37.6 Å². The number of sulfonamides is 1. The second-order valence-electron chi connectivity index (χ2n) is 9.66. The summed E-state index contributed by atoms with van der Waals surface area (Å²) in [5, 5.41) is 0. The normalized spacial score (nSPS) is 16.6. The highest BCUT2D eigenvalue weighted by atomic mass is 32.2. The largest absolute Gasteiger partial charge is 0.343 e. The lowest BCUT2D eigenvalue weighted by Crippen LogP contribution is -2.49. The highest BCUT2D eigenvalue weighted by Gasteiger charge is 2.31. The predicted molar refractivity (Wildman–Crippen MR) is 124 cm³/mol. The van der Waals surface area contributed by atoms with Crippen LogP contribution in [0, 0.1) is 27.7 Å². The van der Waals surface area contributed by atoms with E-state index in [1.54, 1.807) is 10.4 Å². The van der Waals surface area contributed by atoms with Crippen molar-refractivity contribution in [3.05, 3.63) is 52.3 Å². The lowest BCUT2D eigenvalue weighted by Gasteiger charge is -2.34. The molecule has 31 heavy (non-hydrogen) atoms. The molecule has 3 rings (SSSR count). The number of aryl methyl sites for hydroxylation is 3. The van der Waals surface area contributed by atoms with Crippen LogP contribution in [0.1, 0.15) is 53.6 Å². The Kier molecular flexibility index (Phi) is 6.52. The maximum atomic E-state index is 13.1. The molecule has 0 radical (unpaired) electrons. The molecule has 0 bridgehead atoms. The van der Waals surface area contributed by atoms with Crippen LogP contribution in [0.5, 0.6) is 0 Å². The second-order valence-corrected chi connectivity index (χ2v) is 11.6. The molecule has 1 aliphatic rings. The molecule has 0 amide bonds. The average Bonchev–Trinajstić information content (AvgIpc) is 2.98. The van der Waals surface area contributed by atoms with E-state index in [9.17, 15) is 13.2 Å². The molecule has 1 saturated heterocycles. The summed E-state index contributed by atoms with van der Waals surface area (Å²) in [5.41, 5.74) is 4.45.